The smallest absolute Gasteiger partial charge is 0.224 e. The molecule has 2 atom stereocenters. The summed E-state index contributed by atoms with van der Waals surface area (Å²) >= 11 is 0. The number of aliphatic hydroxyl groups is 2. The molecule has 2 unspecified atom stereocenters. The number of anilines is 3. The van der Waals surface area contributed by atoms with Gasteiger partial charge < -0.3 is 25.7 Å². The quantitative estimate of drug-likeness (QED) is 0.420. The van der Waals surface area contributed by atoms with Crippen LogP contribution in [0.2, 0.25) is 0 Å². The summed E-state index contributed by atoms with van der Waals surface area (Å²) in [5.74, 6) is -0.150. The number of hydrogen-bond donors (Lipinski definition) is 3. The monoisotopic (exact) mass is 526 g/mol. The summed E-state index contributed by atoms with van der Waals surface area (Å²) in [6.07, 6.45) is 5.23. The lowest BCUT2D eigenvalue weighted by Gasteiger charge is -2.35. The fraction of sp³-hybridized carbons (Fsp3) is 0.423. The molecule has 10 nitrogen and oxygen atoms in total. The summed E-state index contributed by atoms with van der Waals surface area (Å²) in [7, 11) is 0. The predicted molar refractivity (Wildman–Crippen MR) is 141 cm³/mol. The number of piperazine rings is 1. The van der Waals surface area contributed by atoms with Crippen molar-refractivity contribution in [2.75, 3.05) is 68.0 Å². The van der Waals surface area contributed by atoms with Crippen LogP contribution in [-0.4, -0.2) is 93.4 Å². The number of aromatic nitrogens is 4. The molecule has 2 saturated heterocycles. The maximum Gasteiger partial charge on any atom is 0.224 e. The van der Waals surface area contributed by atoms with Crippen LogP contribution in [0.15, 0.2) is 36.5 Å². The minimum Gasteiger partial charge on any atom is -0.396 e. The molecule has 2 aliphatic heterocycles. The molecule has 5 rings (SSSR count). The minimum atomic E-state index is -0.630. The van der Waals surface area contributed by atoms with Crippen LogP contribution in [-0.2, 0) is 0 Å². The van der Waals surface area contributed by atoms with Gasteiger partial charge in [-0.25, -0.2) is 13.5 Å². The Morgan fingerprint density at radius 2 is 1.71 bits per heavy atom. The van der Waals surface area contributed by atoms with E-state index < -0.39 is 17.7 Å². The normalized spacial score (nSPS) is 20.7. The molecule has 0 spiro atoms. The van der Waals surface area contributed by atoms with E-state index in [1.807, 2.05) is 22.8 Å². The highest BCUT2D eigenvalue weighted by molar-refractivity contribution is 5.54. The third kappa shape index (κ3) is 5.62. The first kappa shape index (κ1) is 26.0. The van der Waals surface area contributed by atoms with Gasteiger partial charge in [0.15, 0.2) is 5.82 Å². The first-order valence-electron chi connectivity index (χ1n) is 12.6. The lowest BCUT2D eigenvalue weighted by molar-refractivity contribution is 0.104. The molecule has 2 aromatic heterocycles. The van der Waals surface area contributed by atoms with E-state index in [1.165, 1.54) is 12.1 Å². The van der Waals surface area contributed by atoms with E-state index >= 15 is 0 Å². The molecule has 12 heteroatoms. The zero-order valence-corrected chi connectivity index (χ0v) is 21.2. The van der Waals surface area contributed by atoms with E-state index in [0.717, 1.165) is 37.0 Å². The van der Waals surface area contributed by atoms with Gasteiger partial charge in [-0.3, -0.25) is 4.90 Å². The number of nitrogens with zero attached hydrogens (tertiary/aromatic N) is 7. The van der Waals surface area contributed by atoms with Gasteiger partial charge in [0.1, 0.15) is 17.5 Å². The molecular formula is C26H32F2N8O2. The maximum atomic E-state index is 13.6. The van der Waals surface area contributed by atoms with Crippen LogP contribution in [0.4, 0.5) is 26.2 Å². The van der Waals surface area contributed by atoms with Crippen molar-refractivity contribution < 1.29 is 19.0 Å². The molecule has 2 fully saturated rings. The van der Waals surface area contributed by atoms with Crippen LogP contribution in [0.25, 0.3) is 11.9 Å². The van der Waals surface area contributed by atoms with Gasteiger partial charge in [0.05, 0.1) is 24.6 Å². The molecule has 0 amide bonds. The average Bonchev–Trinajstić information content (AvgIpc) is 3.45. The highest BCUT2D eigenvalue weighted by atomic mass is 19.1. The highest BCUT2D eigenvalue weighted by Gasteiger charge is 2.32. The van der Waals surface area contributed by atoms with E-state index in [0.29, 0.717) is 43.5 Å². The van der Waals surface area contributed by atoms with Gasteiger partial charge in [-0.1, -0.05) is 12.2 Å². The Bertz CT molecular complexity index is 1290. The SMILES string of the molecule is Cc1c(C=CCN2CCN(c3cc(F)cc(F)c3)CC2)cnn1-c1cc(N2CC(O)C(CO)C2)nc(N)n1. The first-order valence-corrected chi connectivity index (χ1v) is 12.6. The van der Waals surface area contributed by atoms with Gasteiger partial charge >= 0.3 is 0 Å². The number of benzene rings is 1. The van der Waals surface area contributed by atoms with Crippen molar-refractivity contribution in [3.8, 4) is 5.82 Å². The molecule has 38 heavy (non-hydrogen) atoms. The zero-order valence-electron chi connectivity index (χ0n) is 21.2. The number of β-amino-alcohol motifs (C(OH)–C–C–N with tert-alkyl or cyclic N) is 1. The zero-order chi connectivity index (χ0) is 26.8. The Hall–Kier alpha value is -3.61. The number of aliphatic hydroxyl groups excluding tert-OH is 2. The van der Waals surface area contributed by atoms with Crippen LogP contribution < -0.4 is 15.5 Å². The Labute approximate surface area is 219 Å². The summed E-state index contributed by atoms with van der Waals surface area (Å²) < 4.78 is 28.8. The van der Waals surface area contributed by atoms with E-state index in [2.05, 4.69) is 26.0 Å². The third-order valence-electron chi connectivity index (χ3n) is 7.19. The molecule has 0 bridgehead atoms. The number of nitrogen functional groups attached to an aromatic ring is 1. The van der Waals surface area contributed by atoms with Crippen molar-refractivity contribution in [2.24, 2.45) is 5.92 Å². The molecule has 0 saturated carbocycles. The second-order valence-corrected chi connectivity index (χ2v) is 9.77. The van der Waals surface area contributed by atoms with Gasteiger partial charge in [-0.2, -0.15) is 15.1 Å². The van der Waals surface area contributed by atoms with Gasteiger partial charge in [0.2, 0.25) is 5.95 Å². The molecule has 202 valence electrons. The Kier molecular flexibility index (Phi) is 7.54. The highest BCUT2D eigenvalue weighted by Crippen LogP contribution is 2.25. The average molecular weight is 527 g/mol. The second-order valence-electron chi connectivity index (χ2n) is 9.77. The van der Waals surface area contributed by atoms with Crippen molar-refractivity contribution >= 4 is 23.5 Å². The second kappa shape index (κ2) is 11.0. The van der Waals surface area contributed by atoms with Crippen molar-refractivity contribution in [1.82, 2.24) is 24.6 Å². The van der Waals surface area contributed by atoms with Gasteiger partial charge in [0.25, 0.3) is 0 Å². The Balaban J connectivity index is 1.21. The largest absolute Gasteiger partial charge is 0.396 e. The lowest BCUT2D eigenvalue weighted by Crippen LogP contribution is -2.46. The topological polar surface area (TPSA) is 120 Å². The summed E-state index contributed by atoms with van der Waals surface area (Å²) in [5, 5.41) is 24.1. The fourth-order valence-electron chi connectivity index (χ4n) is 4.99. The first-order chi connectivity index (χ1) is 18.3. The Morgan fingerprint density at radius 1 is 1.00 bits per heavy atom. The minimum absolute atomic E-state index is 0.0955. The summed E-state index contributed by atoms with van der Waals surface area (Å²) in [4.78, 5) is 14.8. The third-order valence-corrected chi connectivity index (χ3v) is 7.19. The van der Waals surface area contributed by atoms with Crippen LogP contribution in [0, 0.1) is 24.5 Å². The number of halogens is 2. The van der Waals surface area contributed by atoms with E-state index in [1.54, 1.807) is 16.9 Å². The van der Waals surface area contributed by atoms with Crippen LogP contribution in [0.5, 0.6) is 0 Å². The van der Waals surface area contributed by atoms with E-state index in [-0.39, 0.29) is 18.5 Å². The van der Waals surface area contributed by atoms with E-state index in [9.17, 15) is 19.0 Å². The van der Waals surface area contributed by atoms with Crippen molar-refractivity contribution in [3.63, 3.8) is 0 Å². The standard InChI is InChI=1S/C26H32F2N8O2/c1-17-18(3-2-4-33-5-7-34(8-6-33)22-10-20(27)9-21(28)11-22)13-30-36(17)25-12-24(31-26(29)32-25)35-14-19(16-37)23(38)15-35/h2-3,9-13,19,23,37-38H,4-8,14-16H2,1H3,(H2,29,31,32). The molecule has 2 aliphatic rings. The molecule has 1 aromatic carbocycles. The van der Waals surface area contributed by atoms with Crippen LogP contribution in [0.3, 0.4) is 0 Å². The molecule has 0 aliphatic carbocycles. The van der Waals surface area contributed by atoms with Crippen molar-refractivity contribution in [3.05, 3.63) is 59.4 Å². The predicted octanol–water partition coefficient (Wildman–Crippen LogP) is 1.46. The Morgan fingerprint density at radius 3 is 2.39 bits per heavy atom. The van der Waals surface area contributed by atoms with E-state index in [4.69, 9.17) is 5.73 Å². The molecule has 4 heterocycles. The van der Waals surface area contributed by atoms with Crippen LogP contribution in [0.1, 0.15) is 11.3 Å². The van der Waals surface area contributed by atoms with Crippen molar-refractivity contribution in [1.29, 1.82) is 0 Å². The van der Waals surface area contributed by atoms with Gasteiger partial charge in [-0.05, 0) is 19.1 Å². The molecule has 0 radical (unpaired) electrons. The number of rotatable bonds is 7. The van der Waals surface area contributed by atoms with Gasteiger partial charge in [0, 0.05) is 75.1 Å². The summed E-state index contributed by atoms with van der Waals surface area (Å²) in [6.45, 7) is 6.39. The van der Waals surface area contributed by atoms with Crippen molar-refractivity contribution in [2.45, 2.75) is 13.0 Å². The lowest BCUT2D eigenvalue weighted by atomic mass is 10.1. The number of nitrogens with two attached hydrogens (primary N) is 1. The number of hydrogen-bond acceptors (Lipinski definition) is 9. The molecular weight excluding hydrogens is 494 g/mol. The van der Waals surface area contributed by atoms with Crippen LogP contribution >= 0.6 is 0 Å². The maximum absolute atomic E-state index is 13.6. The molecule has 3 aromatic rings. The molecule has 4 N–H and O–H groups in total. The summed E-state index contributed by atoms with van der Waals surface area (Å²) in [6, 6.07) is 5.40. The van der Waals surface area contributed by atoms with Gasteiger partial charge in [-0.15, -0.1) is 0 Å². The summed E-state index contributed by atoms with van der Waals surface area (Å²) in [5.41, 5.74) is 8.38. The fourth-order valence-corrected chi connectivity index (χ4v) is 4.99.